The van der Waals surface area contributed by atoms with Crippen molar-refractivity contribution in [2.75, 3.05) is 6.54 Å². The minimum absolute atomic E-state index is 0.368. The lowest BCUT2D eigenvalue weighted by Crippen LogP contribution is -2.32. The molecule has 0 amide bonds. The fourth-order valence-corrected chi connectivity index (χ4v) is 1.68. The Morgan fingerprint density at radius 1 is 1.38 bits per heavy atom. The lowest BCUT2D eigenvalue weighted by atomic mass is 10.0. The fraction of sp³-hybridized carbons (Fsp3) is 0.700. The van der Waals surface area contributed by atoms with Crippen LogP contribution in [0.1, 0.15) is 36.4 Å². The molecule has 1 N–H and O–H groups in total. The number of hydrogen-bond acceptors (Lipinski definition) is 3. The molecule has 0 aliphatic heterocycles. The van der Waals surface area contributed by atoms with E-state index < -0.39 is 12.7 Å². The second-order valence-corrected chi connectivity index (χ2v) is 3.69. The number of nitrogens with zero attached hydrogens (tertiary/aromatic N) is 1. The largest absolute Gasteiger partial charge is 0.401 e. The molecule has 1 aromatic rings. The van der Waals surface area contributed by atoms with Gasteiger partial charge in [0.1, 0.15) is 5.76 Å². The number of nitrogens with one attached hydrogen (secondary N) is 1. The third kappa shape index (κ3) is 3.23. The molecule has 0 fully saturated rings. The van der Waals surface area contributed by atoms with Crippen molar-refractivity contribution < 1.29 is 17.7 Å². The summed E-state index contributed by atoms with van der Waals surface area (Å²) in [6, 6.07) is -0.368. The Labute approximate surface area is 92.0 Å². The second-order valence-electron chi connectivity index (χ2n) is 3.69. The molecule has 1 aromatic heterocycles. The van der Waals surface area contributed by atoms with Gasteiger partial charge < -0.3 is 9.84 Å². The van der Waals surface area contributed by atoms with E-state index in [2.05, 4.69) is 10.5 Å². The molecule has 0 spiro atoms. The Kier molecular flexibility index (Phi) is 3.96. The molecule has 0 aliphatic rings. The van der Waals surface area contributed by atoms with E-state index in [1.54, 1.807) is 13.8 Å². The molecule has 1 rings (SSSR count). The molecule has 6 heteroatoms. The standard InChI is InChI=1S/C10H15F3N2O/c1-4-8(14-5-10(11,12)13)9-6(2)15-16-7(9)3/h8,14H,4-5H2,1-3H3. The van der Waals surface area contributed by atoms with E-state index in [0.29, 0.717) is 17.9 Å². The van der Waals surface area contributed by atoms with Crippen LogP contribution in [0.3, 0.4) is 0 Å². The number of aromatic nitrogens is 1. The number of halogens is 3. The highest BCUT2D eigenvalue weighted by atomic mass is 19.4. The summed E-state index contributed by atoms with van der Waals surface area (Å²) in [6.07, 6.45) is -3.65. The first-order valence-electron chi connectivity index (χ1n) is 5.08. The van der Waals surface area contributed by atoms with Gasteiger partial charge in [0.25, 0.3) is 0 Å². The molecule has 0 saturated carbocycles. The van der Waals surface area contributed by atoms with Gasteiger partial charge in [-0.1, -0.05) is 12.1 Å². The summed E-state index contributed by atoms with van der Waals surface area (Å²) in [5.41, 5.74) is 1.37. The minimum Gasteiger partial charge on any atom is -0.361 e. The van der Waals surface area contributed by atoms with Gasteiger partial charge in [-0.05, 0) is 20.3 Å². The van der Waals surface area contributed by atoms with Gasteiger partial charge in [0.2, 0.25) is 0 Å². The lowest BCUT2D eigenvalue weighted by Gasteiger charge is -2.18. The molecule has 16 heavy (non-hydrogen) atoms. The normalized spacial score (nSPS) is 14.1. The van der Waals surface area contributed by atoms with E-state index in [9.17, 15) is 13.2 Å². The van der Waals surface area contributed by atoms with Crippen molar-refractivity contribution in [1.29, 1.82) is 0 Å². The van der Waals surface area contributed by atoms with Crippen LogP contribution in [0.4, 0.5) is 13.2 Å². The summed E-state index contributed by atoms with van der Waals surface area (Å²) in [5, 5.41) is 6.20. The van der Waals surface area contributed by atoms with Crippen LogP contribution in [0, 0.1) is 13.8 Å². The molecule has 0 radical (unpaired) electrons. The van der Waals surface area contributed by atoms with Crippen LogP contribution in [0.25, 0.3) is 0 Å². The highest BCUT2D eigenvalue weighted by molar-refractivity contribution is 5.24. The molecule has 92 valence electrons. The maximum Gasteiger partial charge on any atom is 0.401 e. The van der Waals surface area contributed by atoms with Crippen LogP contribution >= 0.6 is 0 Å². The second kappa shape index (κ2) is 4.86. The summed E-state index contributed by atoms with van der Waals surface area (Å²) in [4.78, 5) is 0. The van der Waals surface area contributed by atoms with Crippen molar-refractivity contribution in [2.24, 2.45) is 0 Å². The average Bonchev–Trinajstić information content (AvgIpc) is 2.48. The Bertz CT molecular complexity index is 327. The van der Waals surface area contributed by atoms with Crippen molar-refractivity contribution >= 4 is 0 Å². The lowest BCUT2D eigenvalue weighted by molar-refractivity contribution is -0.126. The smallest absolute Gasteiger partial charge is 0.361 e. The highest BCUT2D eigenvalue weighted by Crippen LogP contribution is 2.25. The van der Waals surface area contributed by atoms with Crippen LogP contribution in [0.5, 0.6) is 0 Å². The van der Waals surface area contributed by atoms with E-state index in [4.69, 9.17) is 4.52 Å². The van der Waals surface area contributed by atoms with Gasteiger partial charge >= 0.3 is 6.18 Å². The van der Waals surface area contributed by atoms with Crippen LogP contribution < -0.4 is 5.32 Å². The Hall–Kier alpha value is -1.04. The number of alkyl halides is 3. The predicted octanol–water partition coefficient (Wildman–Crippen LogP) is 2.89. The van der Waals surface area contributed by atoms with Crippen molar-refractivity contribution in [3.63, 3.8) is 0 Å². The molecular weight excluding hydrogens is 221 g/mol. The van der Waals surface area contributed by atoms with Crippen LogP contribution in [-0.2, 0) is 0 Å². The van der Waals surface area contributed by atoms with E-state index in [1.165, 1.54) is 0 Å². The van der Waals surface area contributed by atoms with E-state index in [-0.39, 0.29) is 6.04 Å². The van der Waals surface area contributed by atoms with Gasteiger partial charge in [0, 0.05) is 11.6 Å². The third-order valence-electron chi connectivity index (χ3n) is 2.39. The SMILES string of the molecule is CCC(NCC(F)(F)F)c1c(C)noc1C. The molecule has 1 unspecified atom stereocenters. The van der Waals surface area contributed by atoms with Crippen LogP contribution in [-0.4, -0.2) is 17.9 Å². The summed E-state index contributed by atoms with van der Waals surface area (Å²) in [5.74, 6) is 0.569. The first-order chi connectivity index (χ1) is 7.35. The molecular formula is C10H15F3N2O. The van der Waals surface area contributed by atoms with Gasteiger partial charge in [-0.2, -0.15) is 13.2 Å². The first-order valence-corrected chi connectivity index (χ1v) is 5.08. The average molecular weight is 236 g/mol. The molecule has 1 heterocycles. The van der Waals surface area contributed by atoms with E-state index in [0.717, 1.165) is 5.56 Å². The monoisotopic (exact) mass is 236 g/mol. The molecule has 0 aromatic carbocycles. The van der Waals surface area contributed by atoms with Gasteiger partial charge in [0.05, 0.1) is 12.2 Å². The zero-order chi connectivity index (χ0) is 12.3. The molecule has 0 bridgehead atoms. The maximum absolute atomic E-state index is 12.1. The summed E-state index contributed by atoms with van der Waals surface area (Å²) in [7, 11) is 0. The number of hydrogen-bond donors (Lipinski definition) is 1. The highest BCUT2D eigenvalue weighted by Gasteiger charge is 2.29. The van der Waals surface area contributed by atoms with Crippen molar-refractivity contribution in [3.05, 3.63) is 17.0 Å². The molecule has 1 atom stereocenters. The van der Waals surface area contributed by atoms with Gasteiger partial charge in [0.15, 0.2) is 0 Å². The zero-order valence-corrected chi connectivity index (χ0v) is 9.48. The third-order valence-corrected chi connectivity index (χ3v) is 2.39. The van der Waals surface area contributed by atoms with Crippen LogP contribution in [0.2, 0.25) is 0 Å². The molecule has 0 saturated heterocycles. The van der Waals surface area contributed by atoms with Crippen molar-refractivity contribution in [2.45, 2.75) is 39.4 Å². The van der Waals surface area contributed by atoms with Gasteiger partial charge in [-0.25, -0.2) is 0 Å². The minimum atomic E-state index is -4.20. The van der Waals surface area contributed by atoms with Gasteiger partial charge in [-0.15, -0.1) is 0 Å². The van der Waals surface area contributed by atoms with E-state index >= 15 is 0 Å². The summed E-state index contributed by atoms with van der Waals surface area (Å²) in [6.45, 7) is 4.24. The Balaban J connectivity index is 2.75. The Morgan fingerprint density at radius 3 is 2.38 bits per heavy atom. The summed E-state index contributed by atoms with van der Waals surface area (Å²) < 4.78 is 41.2. The topological polar surface area (TPSA) is 38.1 Å². The van der Waals surface area contributed by atoms with Crippen molar-refractivity contribution in [1.82, 2.24) is 10.5 Å². The van der Waals surface area contributed by atoms with E-state index in [1.807, 2.05) is 6.92 Å². The predicted molar refractivity (Wildman–Crippen MR) is 53.1 cm³/mol. The first kappa shape index (κ1) is 13.0. The number of rotatable bonds is 4. The zero-order valence-electron chi connectivity index (χ0n) is 9.48. The van der Waals surface area contributed by atoms with Crippen LogP contribution in [0.15, 0.2) is 4.52 Å². The number of aryl methyl sites for hydroxylation is 2. The Morgan fingerprint density at radius 2 is 2.00 bits per heavy atom. The fourth-order valence-electron chi connectivity index (χ4n) is 1.68. The summed E-state index contributed by atoms with van der Waals surface area (Å²) >= 11 is 0. The molecule has 0 aliphatic carbocycles. The maximum atomic E-state index is 12.1. The van der Waals surface area contributed by atoms with Gasteiger partial charge in [-0.3, -0.25) is 0 Å². The molecule has 3 nitrogen and oxygen atoms in total. The van der Waals surface area contributed by atoms with Crippen molar-refractivity contribution in [3.8, 4) is 0 Å². The quantitative estimate of drug-likeness (QED) is 0.873.